The van der Waals surface area contributed by atoms with E-state index in [2.05, 4.69) is 5.10 Å². The van der Waals surface area contributed by atoms with E-state index in [1.165, 1.54) is 10.9 Å². The molecule has 0 fully saturated rings. The van der Waals surface area contributed by atoms with Crippen LogP contribution in [-0.4, -0.2) is 22.2 Å². The van der Waals surface area contributed by atoms with Gasteiger partial charge in [0.1, 0.15) is 11.4 Å². The minimum atomic E-state index is -0.165. The number of aryl methyl sites for hydroxylation is 1. The molecule has 0 atom stereocenters. The van der Waals surface area contributed by atoms with Gasteiger partial charge in [-0.2, -0.15) is 5.10 Å². The van der Waals surface area contributed by atoms with Gasteiger partial charge in [-0.25, -0.2) is 0 Å². The van der Waals surface area contributed by atoms with Crippen LogP contribution in [0.3, 0.4) is 0 Å². The predicted octanol–water partition coefficient (Wildman–Crippen LogP) is 2.70. The van der Waals surface area contributed by atoms with Gasteiger partial charge < -0.3 is 4.74 Å². The molecule has 0 radical (unpaired) electrons. The zero-order valence-corrected chi connectivity index (χ0v) is 10.9. The van der Waals surface area contributed by atoms with Crippen LogP contribution in [0.25, 0.3) is 0 Å². The minimum absolute atomic E-state index is 0.165. The Hall–Kier alpha value is -1.81. The van der Waals surface area contributed by atoms with Crippen molar-refractivity contribution in [1.29, 1.82) is 0 Å². The third kappa shape index (κ3) is 2.38. The summed E-state index contributed by atoms with van der Waals surface area (Å²) in [7, 11) is 1.69. The second-order valence-electron chi connectivity index (χ2n) is 3.75. The van der Waals surface area contributed by atoms with E-state index in [0.717, 1.165) is 0 Å². The number of hydrogen-bond donors (Lipinski definition) is 0. The van der Waals surface area contributed by atoms with Crippen LogP contribution in [0.4, 0.5) is 0 Å². The molecular formula is C13H13ClN2O2. The first-order chi connectivity index (χ1) is 8.63. The number of nitrogens with zero attached hydrogens (tertiary/aromatic N) is 2. The second kappa shape index (κ2) is 5.23. The van der Waals surface area contributed by atoms with E-state index in [1.807, 2.05) is 13.0 Å². The number of rotatable bonds is 4. The third-order valence-corrected chi connectivity index (χ3v) is 2.79. The lowest BCUT2D eigenvalue weighted by molar-refractivity contribution is 0.103. The lowest BCUT2D eigenvalue weighted by atomic mass is 10.1. The number of ether oxygens (including phenoxy) is 1. The lowest BCUT2D eigenvalue weighted by Crippen LogP contribution is -2.09. The topological polar surface area (TPSA) is 44.1 Å². The number of carbonyl (C=O) groups excluding carboxylic acids is 1. The molecule has 2 aromatic rings. The molecule has 0 aliphatic heterocycles. The van der Waals surface area contributed by atoms with Crippen LogP contribution >= 0.6 is 11.6 Å². The monoisotopic (exact) mass is 264 g/mol. The fraction of sp³-hybridized carbons (Fsp3) is 0.231. The molecule has 0 amide bonds. The minimum Gasteiger partial charge on any atom is -0.494 e. The van der Waals surface area contributed by atoms with Gasteiger partial charge in [-0.1, -0.05) is 23.7 Å². The Balaban J connectivity index is 2.37. The number of halogens is 1. The summed E-state index contributed by atoms with van der Waals surface area (Å²) in [4.78, 5) is 12.3. The standard InChI is InChI=1S/C13H13ClN2O2/c1-3-18-10-6-4-5-9(7-10)13(17)12-11(14)8-15-16(12)2/h4-8H,3H2,1-2H3. The Morgan fingerprint density at radius 3 is 2.89 bits per heavy atom. The lowest BCUT2D eigenvalue weighted by Gasteiger charge is -2.06. The fourth-order valence-electron chi connectivity index (χ4n) is 1.70. The molecular weight excluding hydrogens is 252 g/mol. The van der Waals surface area contributed by atoms with Crippen molar-refractivity contribution in [3.63, 3.8) is 0 Å². The Labute approximate surface area is 110 Å². The molecule has 4 nitrogen and oxygen atoms in total. The first-order valence-corrected chi connectivity index (χ1v) is 5.96. The predicted molar refractivity (Wildman–Crippen MR) is 69.3 cm³/mol. The molecule has 0 bridgehead atoms. The zero-order chi connectivity index (χ0) is 13.1. The molecule has 0 saturated heterocycles. The van der Waals surface area contributed by atoms with Crippen molar-refractivity contribution in [1.82, 2.24) is 9.78 Å². The van der Waals surface area contributed by atoms with Crippen molar-refractivity contribution in [2.45, 2.75) is 6.92 Å². The average molecular weight is 265 g/mol. The van der Waals surface area contributed by atoms with Crippen LogP contribution in [0, 0.1) is 0 Å². The van der Waals surface area contributed by atoms with Gasteiger partial charge in [0, 0.05) is 12.6 Å². The molecule has 0 saturated carbocycles. The first-order valence-electron chi connectivity index (χ1n) is 5.58. The summed E-state index contributed by atoms with van der Waals surface area (Å²) in [6, 6.07) is 7.02. The molecule has 0 aliphatic carbocycles. The number of hydrogen-bond acceptors (Lipinski definition) is 3. The Morgan fingerprint density at radius 1 is 1.50 bits per heavy atom. The highest BCUT2D eigenvalue weighted by Crippen LogP contribution is 2.21. The van der Waals surface area contributed by atoms with Gasteiger partial charge in [-0.05, 0) is 19.1 Å². The summed E-state index contributed by atoms with van der Waals surface area (Å²) in [5.41, 5.74) is 0.914. The number of ketones is 1. The molecule has 0 N–H and O–H groups in total. The smallest absolute Gasteiger partial charge is 0.212 e. The summed E-state index contributed by atoms with van der Waals surface area (Å²) in [6.07, 6.45) is 1.46. The molecule has 0 spiro atoms. The van der Waals surface area contributed by atoms with Crippen LogP contribution in [-0.2, 0) is 7.05 Å². The quantitative estimate of drug-likeness (QED) is 0.798. The molecule has 1 aromatic heterocycles. The Kier molecular flexibility index (Phi) is 3.67. The Bertz CT molecular complexity index is 559. The highest BCUT2D eigenvalue weighted by molar-refractivity contribution is 6.34. The molecule has 2 rings (SSSR count). The highest BCUT2D eigenvalue weighted by atomic mass is 35.5. The summed E-state index contributed by atoms with van der Waals surface area (Å²) in [6.45, 7) is 2.45. The molecule has 94 valence electrons. The molecule has 0 aliphatic rings. The van der Waals surface area contributed by atoms with E-state index in [-0.39, 0.29) is 5.78 Å². The van der Waals surface area contributed by atoms with E-state index >= 15 is 0 Å². The number of benzene rings is 1. The van der Waals surface area contributed by atoms with Gasteiger partial charge in [0.2, 0.25) is 5.78 Å². The van der Waals surface area contributed by atoms with Gasteiger partial charge in [0.25, 0.3) is 0 Å². The average Bonchev–Trinajstić information content (AvgIpc) is 2.69. The van der Waals surface area contributed by atoms with Gasteiger partial charge in [0.05, 0.1) is 17.8 Å². The maximum absolute atomic E-state index is 12.3. The maximum Gasteiger partial charge on any atom is 0.212 e. The first kappa shape index (κ1) is 12.6. The number of carbonyl (C=O) groups is 1. The van der Waals surface area contributed by atoms with Gasteiger partial charge in [0.15, 0.2) is 0 Å². The van der Waals surface area contributed by atoms with Gasteiger partial charge in [-0.3, -0.25) is 9.48 Å². The van der Waals surface area contributed by atoms with E-state index in [1.54, 1.807) is 25.2 Å². The SMILES string of the molecule is CCOc1cccc(C(=O)c2c(Cl)cnn2C)c1. The van der Waals surface area contributed by atoms with Crippen LogP contribution < -0.4 is 4.74 Å². The summed E-state index contributed by atoms with van der Waals surface area (Å²) >= 11 is 5.96. The Morgan fingerprint density at radius 2 is 2.28 bits per heavy atom. The zero-order valence-electron chi connectivity index (χ0n) is 10.2. The van der Waals surface area contributed by atoms with E-state index < -0.39 is 0 Å². The van der Waals surface area contributed by atoms with Crippen molar-refractivity contribution in [2.75, 3.05) is 6.61 Å². The van der Waals surface area contributed by atoms with E-state index in [0.29, 0.717) is 28.6 Å². The summed E-state index contributed by atoms with van der Waals surface area (Å²) in [5.74, 6) is 0.503. The van der Waals surface area contributed by atoms with Crippen molar-refractivity contribution < 1.29 is 9.53 Å². The summed E-state index contributed by atoms with van der Waals surface area (Å²) < 4.78 is 6.84. The fourth-order valence-corrected chi connectivity index (χ4v) is 1.95. The van der Waals surface area contributed by atoms with Crippen molar-refractivity contribution in [3.8, 4) is 5.75 Å². The molecule has 1 aromatic carbocycles. The van der Waals surface area contributed by atoms with Crippen LogP contribution in [0.15, 0.2) is 30.5 Å². The summed E-state index contributed by atoms with van der Waals surface area (Å²) in [5, 5.41) is 4.31. The van der Waals surface area contributed by atoms with E-state index in [4.69, 9.17) is 16.3 Å². The number of aromatic nitrogens is 2. The van der Waals surface area contributed by atoms with Crippen LogP contribution in [0.5, 0.6) is 5.75 Å². The third-order valence-electron chi connectivity index (χ3n) is 2.52. The van der Waals surface area contributed by atoms with Gasteiger partial charge >= 0.3 is 0 Å². The largest absolute Gasteiger partial charge is 0.494 e. The maximum atomic E-state index is 12.3. The molecule has 1 heterocycles. The van der Waals surface area contributed by atoms with E-state index in [9.17, 15) is 4.79 Å². The van der Waals surface area contributed by atoms with Crippen molar-refractivity contribution in [3.05, 3.63) is 46.7 Å². The molecule has 5 heteroatoms. The highest BCUT2D eigenvalue weighted by Gasteiger charge is 2.17. The van der Waals surface area contributed by atoms with Crippen molar-refractivity contribution >= 4 is 17.4 Å². The second-order valence-corrected chi connectivity index (χ2v) is 4.16. The molecule has 0 unspecified atom stereocenters. The van der Waals surface area contributed by atoms with Crippen LogP contribution in [0.1, 0.15) is 23.0 Å². The normalized spacial score (nSPS) is 10.4. The van der Waals surface area contributed by atoms with Crippen molar-refractivity contribution in [2.24, 2.45) is 7.05 Å². The molecule has 18 heavy (non-hydrogen) atoms. The van der Waals surface area contributed by atoms with Gasteiger partial charge in [-0.15, -0.1) is 0 Å². The van der Waals surface area contributed by atoms with Crippen LogP contribution in [0.2, 0.25) is 5.02 Å².